The van der Waals surface area contributed by atoms with Gasteiger partial charge in [0.1, 0.15) is 5.65 Å². The third-order valence-corrected chi connectivity index (χ3v) is 7.02. The summed E-state index contributed by atoms with van der Waals surface area (Å²) in [6.07, 6.45) is 0. The second kappa shape index (κ2) is 7.51. The van der Waals surface area contributed by atoms with Crippen LogP contribution in [0.1, 0.15) is 11.1 Å². The van der Waals surface area contributed by atoms with Gasteiger partial charge in [-0.1, -0.05) is 60.1 Å². The lowest BCUT2D eigenvalue weighted by Crippen LogP contribution is -2.24. The van der Waals surface area contributed by atoms with Gasteiger partial charge in [0.25, 0.3) is 5.56 Å². The van der Waals surface area contributed by atoms with Crippen LogP contribution in [0.15, 0.2) is 77.6 Å². The van der Waals surface area contributed by atoms with Crippen molar-refractivity contribution in [3.8, 4) is 10.4 Å². The summed E-state index contributed by atoms with van der Waals surface area (Å²) in [4.78, 5) is 14.6. The molecule has 0 aliphatic carbocycles. The van der Waals surface area contributed by atoms with Gasteiger partial charge in [-0.25, -0.2) is 0 Å². The summed E-state index contributed by atoms with van der Waals surface area (Å²) in [5.41, 5.74) is 4.89. The average Bonchev–Trinajstić information content (AvgIpc) is 3.10. The molecule has 0 unspecified atom stereocenters. The van der Waals surface area contributed by atoms with Crippen molar-refractivity contribution in [3.63, 3.8) is 0 Å². The minimum Gasteiger partial charge on any atom is -0.288 e. The van der Waals surface area contributed by atoms with Crippen molar-refractivity contribution in [1.29, 1.82) is 0 Å². The van der Waals surface area contributed by atoms with Gasteiger partial charge in [0.05, 0.1) is 22.3 Å². The number of para-hydroxylation sites is 1. The molecule has 2 aromatic heterocycles. The maximum Gasteiger partial charge on any atom is 0.261 e. The molecule has 0 amide bonds. The molecule has 3 aromatic carbocycles. The maximum absolute atomic E-state index is 13.6. The van der Waals surface area contributed by atoms with Gasteiger partial charge in [0.15, 0.2) is 3.95 Å². The number of benzene rings is 3. The minimum absolute atomic E-state index is 0.0168. The third kappa shape index (κ3) is 3.10. The standard InChI is InChI=1S/C24H17ClN2OS2/c1-15-6-2-3-7-17(15)14-26-22-21(16-10-12-18(25)13-11-16)30-24(29)27(22)20-9-5-4-8-19(20)23(26)28/h2-13H,14H2,1H3. The summed E-state index contributed by atoms with van der Waals surface area (Å²) >= 11 is 13.4. The van der Waals surface area contributed by atoms with E-state index in [0.717, 1.165) is 32.7 Å². The average molecular weight is 449 g/mol. The van der Waals surface area contributed by atoms with E-state index in [0.29, 0.717) is 20.9 Å². The monoisotopic (exact) mass is 448 g/mol. The first-order valence-corrected chi connectivity index (χ1v) is 11.1. The molecule has 0 saturated carbocycles. The van der Waals surface area contributed by atoms with Crippen LogP contribution in [0.25, 0.3) is 27.0 Å². The van der Waals surface area contributed by atoms with E-state index in [-0.39, 0.29) is 5.56 Å². The van der Waals surface area contributed by atoms with Crippen molar-refractivity contribution >= 4 is 51.7 Å². The number of aromatic nitrogens is 2. The van der Waals surface area contributed by atoms with Gasteiger partial charge in [0, 0.05) is 5.02 Å². The van der Waals surface area contributed by atoms with Crippen LogP contribution in [0.2, 0.25) is 5.02 Å². The lowest BCUT2D eigenvalue weighted by molar-refractivity contribution is 0.776. The van der Waals surface area contributed by atoms with Gasteiger partial charge in [-0.3, -0.25) is 13.8 Å². The van der Waals surface area contributed by atoms with Crippen LogP contribution < -0.4 is 5.56 Å². The van der Waals surface area contributed by atoms with E-state index in [1.807, 2.05) is 69.6 Å². The predicted molar refractivity (Wildman–Crippen MR) is 129 cm³/mol. The minimum atomic E-state index is -0.0168. The van der Waals surface area contributed by atoms with Gasteiger partial charge >= 0.3 is 0 Å². The fourth-order valence-corrected chi connectivity index (χ4v) is 5.37. The Hall–Kier alpha value is -2.73. The highest BCUT2D eigenvalue weighted by Gasteiger charge is 2.18. The number of fused-ring (bicyclic) bond motifs is 3. The quantitative estimate of drug-likeness (QED) is 0.286. The highest BCUT2D eigenvalue weighted by Crippen LogP contribution is 2.34. The molecule has 0 bridgehead atoms. The first-order chi connectivity index (χ1) is 14.5. The summed E-state index contributed by atoms with van der Waals surface area (Å²) in [6, 6.07) is 23.5. The van der Waals surface area contributed by atoms with Gasteiger partial charge < -0.3 is 0 Å². The number of nitrogens with zero attached hydrogens (tertiary/aromatic N) is 2. The lowest BCUT2D eigenvalue weighted by atomic mass is 10.1. The third-order valence-electron chi connectivity index (χ3n) is 5.36. The topological polar surface area (TPSA) is 26.4 Å². The Labute approximate surface area is 187 Å². The second-order valence-corrected chi connectivity index (χ2v) is 9.28. The van der Waals surface area contributed by atoms with Crippen molar-refractivity contribution in [2.45, 2.75) is 13.5 Å². The van der Waals surface area contributed by atoms with Crippen LogP contribution in [-0.4, -0.2) is 8.97 Å². The molecule has 0 N–H and O–H groups in total. The predicted octanol–water partition coefficient (Wildman–Crippen LogP) is 6.72. The number of aryl methyl sites for hydroxylation is 1. The molecular formula is C24H17ClN2OS2. The summed E-state index contributed by atoms with van der Waals surface area (Å²) in [5.74, 6) is 0. The van der Waals surface area contributed by atoms with Crippen LogP contribution in [-0.2, 0) is 6.54 Å². The molecular weight excluding hydrogens is 432 g/mol. The van der Waals surface area contributed by atoms with Crippen molar-refractivity contribution < 1.29 is 0 Å². The first-order valence-electron chi connectivity index (χ1n) is 9.52. The zero-order valence-electron chi connectivity index (χ0n) is 16.1. The molecule has 0 aliphatic heterocycles. The molecule has 30 heavy (non-hydrogen) atoms. The van der Waals surface area contributed by atoms with Crippen LogP contribution in [0.5, 0.6) is 0 Å². The molecule has 0 radical (unpaired) electrons. The molecule has 0 spiro atoms. The second-order valence-electron chi connectivity index (χ2n) is 7.20. The molecule has 5 aromatic rings. The summed E-state index contributed by atoms with van der Waals surface area (Å²) in [5, 5.41) is 1.34. The SMILES string of the molecule is Cc1ccccc1Cn1c(=O)c2ccccc2n2c(=S)sc(-c3ccc(Cl)cc3)c12. The van der Waals surface area contributed by atoms with E-state index in [1.54, 1.807) is 0 Å². The van der Waals surface area contributed by atoms with E-state index >= 15 is 0 Å². The fraction of sp³-hybridized carbons (Fsp3) is 0.0833. The van der Waals surface area contributed by atoms with Crippen LogP contribution >= 0.6 is 35.2 Å². The molecule has 5 rings (SSSR count). The van der Waals surface area contributed by atoms with Crippen LogP contribution in [0.3, 0.4) is 0 Å². The van der Waals surface area contributed by atoms with E-state index in [9.17, 15) is 4.79 Å². The van der Waals surface area contributed by atoms with Crippen molar-refractivity contribution in [2.24, 2.45) is 0 Å². The molecule has 2 heterocycles. The normalized spacial score (nSPS) is 11.4. The van der Waals surface area contributed by atoms with Crippen molar-refractivity contribution in [2.75, 3.05) is 0 Å². The van der Waals surface area contributed by atoms with Gasteiger partial charge in [0.2, 0.25) is 0 Å². The number of hydrogen-bond acceptors (Lipinski definition) is 3. The number of thiazole rings is 1. The van der Waals surface area contributed by atoms with Gasteiger partial charge in [-0.05, 0) is 60.1 Å². The summed E-state index contributed by atoms with van der Waals surface area (Å²) in [6.45, 7) is 2.55. The number of rotatable bonds is 3. The Kier molecular flexibility index (Phi) is 4.82. The zero-order valence-corrected chi connectivity index (χ0v) is 18.5. The Morgan fingerprint density at radius 2 is 1.67 bits per heavy atom. The van der Waals surface area contributed by atoms with Gasteiger partial charge in [-0.2, -0.15) is 0 Å². The van der Waals surface area contributed by atoms with Crippen molar-refractivity contribution in [1.82, 2.24) is 8.97 Å². The highest BCUT2D eigenvalue weighted by molar-refractivity contribution is 7.73. The summed E-state index contributed by atoms with van der Waals surface area (Å²) in [7, 11) is 0. The maximum atomic E-state index is 13.6. The summed E-state index contributed by atoms with van der Waals surface area (Å²) < 4.78 is 4.59. The molecule has 0 atom stereocenters. The first kappa shape index (κ1) is 19.2. The van der Waals surface area contributed by atoms with E-state index in [1.165, 1.54) is 11.3 Å². The van der Waals surface area contributed by atoms with Gasteiger partial charge in [-0.15, -0.1) is 11.3 Å². The Balaban J connectivity index is 1.92. The molecule has 3 nitrogen and oxygen atoms in total. The molecule has 0 saturated heterocycles. The van der Waals surface area contributed by atoms with Crippen LogP contribution in [0, 0.1) is 10.9 Å². The molecule has 6 heteroatoms. The highest BCUT2D eigenvalue weighted by atomic mass is 35.5. The van der Waals surface area contributed by atoms with E-state index in [4.69, 9.17) is 23.8 Å². The van der Waals surface area contributed by atoms with E-state index < -0.39 is 0 Å². The number of halogens is 1. The smallest absolute Gasteiger partial charge is 0.261 e. The Morgan fingerprint density at radius 3 is 2.43 bits per heavy atom. The van der Waals surface area contributed by atoms with E-state index in [2.05, 4.69) is 19.1 Å². The lowest BCUT2D eigenvalue weighted by Gasteiger charge is -2.14. The van der Waals surface area contributed by atoms with Crippen molar-refractivity contribution in [3.05, 3.63) is 103 Å². The Bertz CT molecular complexity index is 1530. The Morgan fingerprint density at radius 1 is 0.967 bits per heavy atom. The molecule has 0 fully saturated rings. The molecule has 148 valence electrons. The molecule has 0 aliphatic rings. The van der Waals surface area contributed by atoms with Crippen LogP contribution in [0.4, 0.5) is 0 Å². The fourth-order valence-electron chi connectivity index (χ4n) is 3.81. The largest absolute Gasteiger partial charge is 0.288 e. The number of hydrogen-bond donors (Lipinski definition) is 0. The zero-order chi connectivity index (χ0) is 20.8.